The Balaban J connectivity index is 2.72. The highest BCUT2D eigenvalue weighted by atomic mass is 79.9. The molecule has 2 nitrogen and oxygen atoms in total. The largest absolute Gasteiger partial charge is 0.425 e. The lowest BCUT2D eigenvalue weighted by Gasteiger charge is -2.33. The summed E-state index contributed by atoms with van der Waals surface area (Å²) in [5.74, 6) is 0. The van der Waals surface area contributed by atoms with Crippen LogP contribution in [0.5, 0.6) is 0 Å². The van der Waals surface area contributed by atoms with Gasteiger partial charge in [0.15, 0.2) is 0 Å². The number of rotatable bonds is 3. The van der Waals surface area contributed by atoms with Crippen molar-refractivity contribution in [2.24, 2.45) is 0 Å². The van der Waals surface area contributed by atoms with E-state index in [1.165, 1.54) is 36.4 Å². The van der Waals surface area contributed by atoms with Crippen molar-refractivity contribution in [3.63, 3.8) is 0 Å². The first-order valence-corrected chi connectivity index (χ1v) is 7.29. The summed E-state index contributed by atoms with van der Waals surface area (Å²) < 4.78 is 41.3. The van der Waals surface area contributed by atoms with E-state index in [2.05, 4.69) is 15.9 Å². The Morgan fingerprint density at radius 2 is 1.64 bits per heavy atom. The van der Waals surface area contributed by atoms with Crippen molar-refractivity contribution < 1.29 is 18.3 Å². The standard InChI is InChI=1S/C16H15BrF3NO/c1-21(2)12-7-5-6-11(10-12)15(22,16(18,19)20)13-8-3-4-9-14(13)17/h3-10,22H,1-2H3. The average molecular weight is 374 g/mol. The molecule has 1 unspecified atom stereocenters. The third kappa shape index (κ3) is 2.85. The van der Waals surface area contributed by atoms with Crippen molar-refractivity contribution in [3.05, 3.63) is 64.1 Å². The maximum atomic E-state index is 13.7. The van der Waals surface area contributed by atoms with E-state index in [1.807, 2.05) is 0 Å². The summed E-state index contributed by atoms with van der Waals surface area (Å²) in [6.07, 6.45) is -4.86. The molecular formula is C16H15BrF3NO. The second-order valence-electron chi connectivity index (χ2n) is 5.13. The van der Waals surface area contributed by atoms with E-state index in [0.717, 1.165) is 0 Å². The van der Waals surface area contributed by atoms with Gasteiger partial charge in [-0.1, -0.05) is 46.3 Å². The predicted octanol–water partition coefficient (Wildman–Crippen LogP) is 4.31. The molecule has 2 rings (SSSR count). The summed E-state index contributed by atoms with van der Waals surface area (Å²) >= 11 is 3.10. The first kappa shape index (κ1) is 16.8. The lowest BCUT2D eigenvalue weighted by atomic mass is 9.85. The van der Waals surface area contributed by atoms with Gasteiger partial charge in [0.1, 0.15) is 0 Å². The summed E-state index contributed by atoms with van der Waals surface area (Å²) in [5, 5.41) is 10.6. The smallest absolute Gasteiger partial charge is 0.378 e. The fraction of sp³-hybridized carbons (Fsp3) is 0.250. The van der Waals surface area contributed by atoms with Crippen LogP contribution >= 0.6 is 15.9 Å². The summed E-state index contributed by atoms with van der Waals surface area (Å²) in [4.78, 5) is 1.68. The van der Waals surface area contributed by atoms with E-state index >= 15 is 0 Å². The molecular weight excluding hydrogens is 359 g/mol. The van der Waals surface area contributed by atoms with Gasteiger partial charge in [0, 0.05) is 29.8 Å². The van der Waals surface area contributed by atoms with E-state index in [-0.39, 0.29) is 15.6 Å². The van der Waals surface area contributed by atoms with Crippen LogP contribution in [0.4, 0.5) is 18.9 Å². The van der Waals surface area contributed by atoms with E-state index in [9.17, 15) is 18.3 Å². The average Bonchev–Trinajstić information content (AvgIpc) is 2.46. The molecule has 22 heavy (non-hydrogen) atoms. The quantitative estimate of drug-likeness (QED) is 0.866. The second-order valence-corrected chi connectivity index (χ2v) is 5.99. The Morgan fingerprint density at radius 1 is 1.00 bits per heavy atom. The lowest BCUT2D eigenvalue weighted by Crippen LogP contribution is -2.43. The minimum atomic E-state index is -4.86. The van der Waals surface area contributed by atoms with Crippen LogP contribution < -0.4 is 4.90 Å². The third-order valence-corrected chi connectivity index (χ3v) is 4.15. The Kier molecular flexibility index (Phi) is 4.54. The summed E-state index contributed by atoms with van der Waals surface area (Å²) in [7, 11) is 3.45. The molecule has 0 bridgehead atoms. The molecule has 0 saturated heterocycles. The van der Waals surface area contributed by atoms with Gasteiger partial charge in [-0.25, -0.2) is 0 Å². The number of benzene rings is 2. The molecule has 2 aromatic rings. The first-order valence-electron chi connectivity index (χ1n) is 6.50. The SMILES string of the molecule is CN(C)c1cccc(C(O)(c2ccccc2Br)C(F)(F)F)c1. The first-order chi connectivity index (χ1) is 10.2. The summed E-state index contributed by atoms with van der Waals surface area (Å²) in [6.45, 7) is 0. The van der Waals surface area contributed by atoms with Crippen LogP contribution in [-0.4, -0.2) is 25.4 Å². The Hall–Kier alpha value is -1.53. The van der Waals surface area contributed by atoms with E-state index in [1.54, 1.807) is 31.1 Å². The van der Waals surface area contributed by atoms with Crippen LogP contribution in [0.3, 0.4) is 0 Å². The van der Waals surface area contributed by atoms with E-state index in [0.29, 0.717) is 5.69 Å². The van der Waals surface area contributed by atoms with Crippen molar-refractivity contribution in [2.75, 3.05) is 19.0 Å². The number of nitrogens with zero attached hydrogens (tertiary/aromatic N) is 1. The van der Waals surface area contributed by atoms with Crippen LogP contribution in [0.1, 0.15) is 11.1 Å². The lowest BCUT2D eigenvalue weighted by molar-refractivity contribution is -0.248. The van der Waals surface area contributed by atoms with Crippen LogP contribution in [0.15, 0.2) is 53.0 Å². The van der Waals surface area contributed by atoms with Crippen LogP contribution in [0.25, 0.3) is 0 Å². The van der Waals surface area contributed by atoms with Crippen molar-refractivity contribution in [3.8, 4) is 0 Å². The number of halogens is 4. The van der Waals surface area contributed by atoms with Gasteiger partial charge in [-0.15, -0.1) is 0 Å². The van der Waals surface area contributed by atoms with E-state index in [4.69, 9.17) is 0 Å². The summed E-state index contributed by atoms with van der Waals surface area (Å²) in [6, 6.07) is 11.6. The highest BCUT2D eigenvalue weighted by Crippen LogP contribution is 2.46. The van der Waals surface area contributed by atoms with Gasteiger partial charge in [0.2, 0.25) is 5.60 Å². The van der Waals surface area contributed by atoms with Gasteiger partial charge in [-0.2, -0.15) is 13.2 Å². The summed E-state index contributed by atoms with van der Waals surface area (Å²) in [5.41, 5.74) is -2.97. The van der Waals surface area contributed by atoms with Crippen LogP contribution in [0.2, 0.25) is 0 Å². The zero-order chi connectivity index (χ0) is 16.5. The van der Waals surface area contributed by atoms with Gasteiger partial charge in [-0.3, -0.25) is 0 Å². The molecule has 0 saturated carbocycles. The fourth-order valence-electron chi connectivity index (χ4n) is 2.24. The normalized spacial score (nSPS) is 14.5. The number of anilines is 1. The van der Waals surface area contributed by atoms with Gasteiger partial charge in [0.05, 0.1) is 0 Å². The maximum Gasteiger partial charge on any atom is 0.425 e. The molecule has 118 valence electrons. The van der Waals surface area contributed by atoms with Gasteiger partial charge in [-0.05, 0) is 23.8 Å². The molecule has 1 atom stereocenters. The Morgan fingerprint density at radius 3 is 2.18 bits per heavy atom. The van der Waals surface area contributed by atoms with Crippen molar-refractivity contribution in [2.45, 2.75) is 11.8 Å². The molecule has 0 radical (unpaired) electrons. The monoisotopic (exact) mass is 373 g/mol. The highest BCUT2D eigenvalue weighted by Gasteiger charge is 2.57. The molecule has 1 N–H and O–H groups in total. The molecule has 2 aromatic carbocycles. The molecule has 0 aliphatic heterocycles. The zero-order valence-electron chi connectivity index (χ0n) is 12.0. The van der Waals surface area contributed by atoms with Crippen molar-refractivity contribution >= 4 is 21.6 Å². The molecule has 6 heteroatoms. The molecule has 0 heterocycles. The Bertz CT molecular complexity index is 672. The van der Waals surface area contributed by atoms with Crippen LogP contribution in [-0.2, 0) is 5.60 Å². The predicted molar refractivity (Wildman–Crippen MR) is 84.0 cm³/mol. The molecule has 0 spiro atoms. The molecule has 0 aromatic heterocycles. The number of hydrogen-bond donors (Lipinski definition) is 1. The molecule has 0 fully saturated rings. The van der Waals surface area contributed by atoms with E-state index < -0.39 is 11.8 Å². The minimum absolute atomic E-state index is 0.199. The Labute approximate surface area is 135 Å². The number of aliphatic hydroxyl groups is 1. The number of alkyl halides is 3. The van der Waals surface area contributed by atoms with Crippen LogP contribution in [0, 0.1) is 0 Å². The minimum Gasteiger partial charge on any atom is -0.378 e. The number of hydrogen-bond acceptors (Lipinski definition) is 2. The van der Waals surface area contributed by atoms with Crippen molar-refractivity contribution in [1.29, 1.82) is 0 Å². The highest BCUT2D eigenvalue weighted by molar-refractivity contribution is 9.10. The second kappa shape index (κ2) is 5.93. The topological polar surface area (TPSA) is 23.5 Å². The van der Waals surface area contributed by atoms with Gasteiger partial charge in [0.25, 0.3) is 0 Å². The molecule has 0 aliphatic rings. The molecule has 0 amide bonds. The maximum absolute atomic E-state index is 13.7. The zero-order valence-corrected chi connectivity index (χ0v) is 13.6. The third-order valence-electron chi connectivity index (χ3n) is 3.45. The van der Waals surface area contributed by atoms with Gasteiger partial charge >= 0.3 is 6.18 Å². The van der Waals surface area contributed by atoms with Crippen molar-refractivity contribution in [1.82, 2.24) is 0 Å². The molecule has 0 aliphatic carbocycles. The van der Waals surface area contributed by atoms with Gasteiger partial charge < -0.3 is 10.0 Å². The fourth-order valence-corrected chi connectivity index (χ4v) is 2.81.